The van der Waals surface area contributed by atoms with Crippen molar-refractivity contribution in [3.05, 3.63) is 12.2 Å². The molecular formula is C18H30N2O5. The summed E-state index contributed by atoms with van der Waals surface area (Å²) in [6.07, 6.45) is 8.54. The van der Waals surface area contributed by atoms with Gasteiger partial charge in [-0.2, -0.15) is 0 Å². The topological polar surface area (TPSA) is 93.7 Å². The van der Waals surface area contributed by atoms with Crippen LogP contribution in [0.1, 0.15) is 52.4 Å². The zero-order chi connectivity index (χ0) is 18.5. The number of carbonyl (C=O) groups excluding carboxylic acids is 3. The number of esters is 2. The van der Waals surface area contributed by atoms with E-state index in [0.717, 1.165) is 18.7 Å². The van der Waals surface area contributed by atoms with Gasteiger partial charge >= 0.3 is 18.0 Å². The number of urea groups is 1. The fourth-order valence-corrected chi connectivity index (χ4v) is 2.59. The lowest BCUT2D eigenvalue weighted by Gasteiger charge is -2.21. The van der Waals surface area contributed by atoms with Crippen molar-refractivity contribution < 1.29 is 23.9 Å². The van der Waals surface area contributed by atoms with Gasteiger partial charge in [0, 0.05) is 25.2 Å². The van der Waals surface area contributed by atoms with Crippen LogP contribution in [0.4, 0.5) is 4.79 Å². The normalized spacial score (nSPS) is 15.2. The Labute approximate surface area is 149 Å². The summed E-state index contributed by atoms with van der Waals surface area (Å²) in [5, 5.41) is 5.61. The highest BCUT2D eigenvalue weighted by Gasteiger charge is 2.13. The first-order valence-electron chi connectivity index (χ1n) is 9.04. The molecule has 2 amide bonds. The van der Waals surface area contributed by atoms with Gasteiger partial charge in [-0.15, -0.1) is 0 Å². The molecule has 1 fully saturated rings. The fraction of sp³-hybridized carbons (Fsp3) is 0.722. The number of rotatable bonds is 9. The van der Waals surface area contributed by atoms with Crippen LogP contribution in [0.15, 0.2) is 12.2 Å². The molecule has 1 aliphatic carbocycles. The quantitative estimate of drug-likeness (QED) is 0.376. The van der Waals surface area contributed by atoms with Crippen LogP contribution < -0.4 is 10.6 Å². The van der Waals surface area contributed by atoms with E-state index in [9.17, 15) is 14.4 Å². The van der Waals surface area contributed by atoms with E-state index in [1.807, 2.05) is 0 Å². The molecule has 0 aromatic heterocycles. The van der Waals surface area contributed by atoms with Crippen LogP contribution in [0.3, 0.4) is 0 Å². The van der Waals surface area contributed by atoms with Gasteiger partial charge in [-0.05, 0) is 39.0 Å². The largest absolute Gasteiger partial charge is 0.462 e. The van der Waals surface area contributed by atoms with E-state index in [0.29, 0.717) is 18.9 Å². The minimum Gasteiger partial charge on any atom is -0.462 e. The van der Waals surface area contributed by atoms with Gasteiger partial charge in [0.05, 0.1) is 12.7 Å². The summed E-state index contributed by atoms with van der Waals surface area (Å²) in [5.74, 6) is -0.597. The third kappa shape index (κ3) is 11.2. The van der Waals surface area contributed by atoms with E-state index in [1.165, 1.54) is 32.1 Å². The molecule has 0 aromatic carbocycles. The van der Waals surface area contributed by atoms with Crippen molar-refractivity contribution in [3.8, 4) is 0 Å². The number of carbonyl (C=O) groups is 3. The van der Waals surface area contributed by atoms with Crippen LogP contribution in [-0.4, -0.2) is 43.8 Å². The smallest absolute Gasteiger partial charge is 0.331 e. The van der Waals surface area contributed by atoms with E-state index >= 15 is 0 Å². The van der Waals surface area contributed by atoms with Crippen LogP contribution >= 0.6 is 0 Å². The summed E-state index contributed by atoms with van der Waals surface area (Å²) in [7, 11) is 0. The molecule has 7 nitrogen and oxygen atoms in total. The summed E-state index contributed by atoms with van der Waals surface area (Å²) in [5.41, 5.74) is 0. The SMILES string of the molecule is CC(C)OC(=O)/C=C/C(=O)OCCCNC(=O)NCC1CCCCC1. The minimum absolute atomic E-state index is 0.172. The van der Waals surface area contributed by atoms with E-state index in [-0.39, 0.29) is 18.7 Å². The summed E-state index contributed by atoms with van der Waals surface area (Å²) >= 11 is 0. The van der Waals surface area contributed by atoms with Gasteiger partial charge < -0.3 is 20.1 Å². The molecule has 0 heterocycles. The van der Waals surface area contributed by atoms with Crippen molar-refractivity contribution in [2.24, 2.45) is 5.92 Å². The molecule has 1 aliphatic rings. The number of amides is 2. The van der Waals surface area contributed by atoms with Gasteiger partial charge in [-0.1, -0.05) is 19.3 Å². The minimum atomic E-state index is -0.609. The van der Waals surface area contributed by atoms with Crippen LogP contribution in [-0.2, 0) is 19.1 Å². The Kier molecular flexibility index (Phi) is 10.4. The number of hydrogen-bond donors (Lipinski definition) is 2. The van der Waals surface area contributed by atoms with Gasteiger partial charge in [-0.25, -0.2) is 14.4 Å². The van der Waals surface area contributed by atoms with Crippen LogP contribution in [0, 0.1) is 5.92 Å². The molecule has 0 unspecified atom stereocenters. The van der Waals surface area contributed by atoms with E-state index in [4.69, 9.17) is 9.47 Å². The molecule has 0 bridgehead atoms. The number of nitrogens with one attached hydrogen (secondary N) is 2. The zero-order valence-corrected chi connectivity index (χ0v) is 15.2. The van der Waals surface area contributed by atoms with Gasteiger partial charge in [0.15, 0.2) is 0 Å². The van der Waals surface area contributed by atoms with Gasteiger partial charge in [-0.3, -0.25) is 0 Å². The van der Waals surface area contributed by atoms with E-state index in [1.54, 1.807) is 13.8 Å². The Bertz CT molecular complexity index is 456. The first-order valence-corrected chi connectivity index (χ1v) is 9.04. The summed E-state index contributed by atoms with van der Waals surface area (Å²) in [4.78, 5) is 34.3. The second kappa shape index (κ2) is 12.3. The summed E-state index contributed by atoms with van der Waals surface area (Å²) < 4.78 is 9.78. The molecule has 25 heavy (non-hydrogen) atoms. The molecule has 1 rings (SSSR count). The summed E-state index contributed by atoms with van der Waals surface area (Å²) in [6, 6.07) is -0.187. The van der Waals surface area contributed by atoms with Gasteiger partial charge in [0.2, 0.25) is 0 Å². The molecule has 1 saturated carbocycles. The molecule has 0 saturated heterocycles. The van der Waals surface area contributed by atoms with Crippen molar-refractivity contribution in [1.29, 1.82) is 0 Å². The third-order valence-electron chi connectivity index (χ3n) is 3.83. The zero-order valence-electron chi connectivity index (χ0n) is 15.2. The van der Waals surface area contributed by atoms with Crippen molar-refractivity contribution in [3.63, 3.8) is 0 Å². The predicted octanol–water partition coefficient (Wildman–Crippen LogP) is 2.31. The molecule has 0 atom stereocenters. The maximum atomic E-state index is 11.7. The Morgan fingerprint density at radius 2 is 1.72 bits per heavy atom. The van der Waals surface area contributed by atoms with E-state index in [2.05, 4.69) is 10.6 Å². The molecule has 2 N–H and O–H groups in total. The molecular weight excluding hydrogens is 324 g/mol. The monoisotopic (exact) mass is 354 g/mol. The van der Waals surface area contributed by atoms with Crippen molar-refractivity contribution >= 4 is 18.0 Å². The molecule has 7 heteroatoms. The first-order chi connectivity index (χ1) is 12.0. The Morgan fingerprint density at radius 1 is 1.04 bits per heavy atom. The first kappa shape index (κ1) is 21.0. The second-order valence-corrected chi connectivity index (χ2v) is 6.48. The van der Waals surface area contributed by atoms with Crippen LogP contribution in [0.5, 0.6) is 0 Å². The maximum absolute atomic E-state index is 11.7. The maximum Gasteiger partial charge on any atom is 0.331 e. The van der Waals surface area contributed by atoms with Gasteiger partial charge in [0.25, 0.3) is 0 Å². The third-order valence-corrected chi connectivity index (χ3v) is 3.83. The molecule has 0 spiro atoms. The Hall–Kier alpha value is -2.05. The lowest BCUT2D eigenvalue weighted by molar-refractivity contribution is -0.142. The van der Waals surface area contributed by atoms with Crippen molar-refractivity contribution in [1.82, 2.24) is 10.6 Å². The molecule has 0 aromatic rings. The predicted molar refractivity (Wildman–Crippen MR) is 93.9 cm³/mol. The van der Waals surface area contributed by atoms with Crippen LogP contribution in [0.25, 0.3) is 0 Å². The number of ether oxygens (including phenoxy) is 2. The second-order valence-electron chi connectivity index (χ2n) is 6.48. The molecule has 0 radical (unpaired) electrons. The molecule has 142 valence electrons. The van der Waals surface area contributed by atoms with Crippen molar-refractivity contribution in [2.75, 3.05) is 19.7 Å². The highest BCUT2D eigenvalue weighted by Crippen LogP contribution is 2.22. The lowest BCUT2D eigenvalue weighted by Crippen LogP contribution is -2.39. The molecule has 0 aliphatic heterocycles. The Balaban J connectivity index is 2.01. The average Bonchev–Trinajstić information content (AvgIpc) is 2.58. The highest BCUT2D eigenvalue weighted by molar-refractivity contribution is 5.91. The summed E-state index contributed by atoms with van der Waals surface area (Å²) in [6.45, 7) is 4.76. The van der Waals surface area contributed by atoms with Crippen molar-refractivity contribution in [2.45, 2.75) is 58.5 Å². The lowest BCUT2D eigenvalue weighted by atomic mass is 9.89. The van der Waals surface area contributed by atoms with Gasteiger partial charge in [0.1, 0.15) is 0 Å². The van der Waals surface area contributed by atoms with E-state index < -0.39 is 11.9 Å². The standard InChI is InChI=1S/C18H30N2O5/c1-14(2)25-17(22)10-9-16(21)24-12-6-11-19-18(23)20-13-15-7-4-3-5-8-15/h9-10,14-15H,3-8,11-13H2,1-2H3,(H2,19,20,23)/b10-9+. The van der Waals surface area contributed by atoms with Crippen LogP contribution in [0.2, 0.25) is 0 Å². The highest BCUT2D eigenvalue weighted by atomic mass is 16.5. The Morgan fingerprint density at radius 3 is 2.40 bits per heavy atom. The average molecular weight is 354 g/mol. The fourth-order valence-electron chi connectivity index (χ4n) is 2.59. The number of hydrogen-bond acceptors (Lipinski definition) is 5.